The zero-order valence-corrected chi connectivity index (χ0v) is 18.9. The smallest absolute Gasteiger partial charge is 0.243 e. The molecule has 1 amide bonds. The maximum Gasteiger partial charge on any atom is 0.243 e. The SMILES string of the molecule is O=C(NC1CC1)C(c1ccc(F)cc1)N1CCN(S(=O)(=O)c2ccc(Cl)c(Cl)c2)CC1. The summed E-state index contributed by atoms with van der Waals surface area (Å²) in [6.07, 6.45) is 1.91. The summed E-state index contributed by atoms with van der Waals surface area (Å²) in [5, 5.41) is 3.47. The molecule has 1 aliphatic heterocycles. The van der Waals surface area contributed by atoms with E-state index < -0.39 is 16.1 Å². The van der Waals surface area contributed by atoms with E-state index in [1.807, 2.05) is 4.90 Å². The summed E-state index contributed by atoms with van der Waals surface area (Å²) >= 11 is 11.9. The first-order valence-corrected chi connectivity index (χ1v) is 12.2. The number of nitrogens with zero attached hydrogens (tertiary/aromatic N) is 2. The highest BCUT2D eigenvalue weighted by Crippen LogP contribution is 2.29. The number of hydrogen-bond acceptors (Lipinski definition) is 4. The number of halogens is 3. The van der Waals surface area contributed by atoms with Crippen LogP contribution in [0.25, 0.3) is 0 Å². The van der Waals surface area contributed by atoms with Crippen molar-refractivity contribution in [3.05, 3.63) is 63.9 Å². The van der Waals surface area contributed by atoms with Crippen molar-refractivity contribution >= 4 is 39.1 Å². The molecule has 0 aromatic heterocycles. The van der Waals surface area contributed by atoms with Crippen LogP contribution in [-0.2, 0) is 14.8 Å². The zero-order chi connectivity index (χ0) is 22.2. The monoisotopic (exact) mass is 485 g/mol. The lowest BCUT2D eigenvalue weighted by molar-refractivity contribution is -0.127. The Labute approximate surface area is 191 Å². The summed E-state index contributed by atoms with van der Waals surface area (Å²) in [5.74, 6) is -0.516. The molecule has 31 heavy (non-hydrogen) atoms. The summed E-state index contributed by atoms with van der Waals surface area (Å²) in [4.78, 5) is 15.0. The number of carbonyl (C=O) groups is 1. The van der Waals surface area contributed by atoms with Crippen LogP contribution < -0.4 is 5.32 Å². The number of nitrogens with one attached hydrogen (secondary N) is 1. The Kier molecular flexibility index (Phi) is 6.55. The van der Waals surface area contributed by atoms with E-state index in [1.165, 1.54) is 34.6 Å². The number of carbonyl (C=O) groups excluding carboxylic acids is 1. The first-order valence-electron chi connectivity index (χ1n) is 10.0. The van der Waals surface area contributed by atoms with Crippen LogP contribution in [0.15, 0.2) is 47.4 Å². The van der Waals surface area contributed by atoms with E-state index in [0.717, 1.165) is 12.8 Å². The molecule has 1 aliphatic carbocycles. The lowest BCUT2D eigenvalue weighted by atomic mass is 10.0. The summed E-state index contributed by atoms with van der Waals surface area (Å²) in [5.41, 5.74) is 0.681. The Morgan fingerprint density at radius 2 is 1.65 bits per heavy atom. The average Bonchev–Trinajstić information content (AvgIpc) is 3.56. The minimum absolute atomic E-state index is 0.0805. The highest BCUT2D eigenvalue weighted by Gasteiger charge is 2.36. The number of piperazine rings is 1. The quantitative estimate of drug-likeness (QED) is 0.679. The van der Waals surface area contributed by atoms with Gasteiger partial charge in [-0.25, -0.2) is 12.8 Å². The van der Waals surface area contributed by atoms with Crippen molar-refractivity contribution < 1.29 is 17.6 Å². The van der Waals surface area contributed by atoms with Crippen LogP contribution >= 0.6 is 23.2 Å². The molecule has 166 valence electrons. The predicted molar refractivity (Wildman–Crippen MR) is 117 cm³/mol. The third kappa shape index (κ3) is 5.04. The van der Waals surface area contributed by atoms with E-state index in [-0.39, 0.29) is 45.8 Å². The first-order chi connectivity index (χ1) is 14.8. The van der Waals surface area contributed by atoms with Gasteiger partial charge in [-0.05, 0) is 48.7 Å². The highest BCUT2D eigenvalue weighted by molar-refractivity contribution is 7.89. The van der Waals surface area contributed by atoms with Crippen LogP contribution in [-0.4, -0.2) is 55.8 Å². The molecule has 2 aromatic carbocycles. The van der Waals surface area contributed by atoms with Crippen LogP contribution in [0.4, 0.5) is 4.39 Å². The van der Waals surface area contributed by atoms with E-state index in [0.29, 0.717) is 18.7 Å². The van der Waals surface area contributed by atoms with Gasteiger partial charge in [-0.1, -0.05) is 35.3 Å². The fraction of sp³-hybridized carbons (Fsp3) is 0.381. The van der Waals surface area contributed by atoms with E-state index in [9.17, 15) is 17.6 Å². The van der Waals surface area contributed by atoms with Gasteiger partial charge >= 0.3 is 0 Å². The van der Waals surface area contributed by atoms with Gasteiger partial charge in [0.15, 0.2) is 0 Å². The first kappa shape index (κ1) is 22.5. The molecule has 0 spiro atoms. The maximum atomic E-state index is 13.4. The molecule has 1 unspecified atom stereocenters. The third-order valence-electron chi connectivity index (χ3n) is 5.53. The standard InChI is InChI=1S/C21H22Cl2FN3O3S/c22-18-8-7-17(13-19(18)23)31(29,30)27-11-9-26(10-12-27)20(21(28)25-16-5-6-16)14-1-3-15(24)4-2-14/h1-4,7-8,13,16,20H,5-6,9-12H2,(H,25,28). The topological polar surface area (TPSA) is 69.7 Å². The summed E-state index contributed by atoms with van der Waals surface area (Å²) in [6.45, 7) is 1.16. The molecule has 2 aromatic rings. The fourth-order valence-electron chi connectivity index (χ4n) is 3.67. The lowest BCUT2D eigenvalue weighted by Gasteiger charge is -2.38. The molecule has 10 heteroatoms. The highest BCUT2D eigenvalue weighted by atomic mass is 35.5. The average molecular weight is 486 g/mol. The van der Waals surface area contributed by atoms with Crippen molar-refractivity contribution in [2.24, 2.45) is 0 Å². The second-order valence-electron chi connectivity index (χ2n) is 7.75. The van der Waals surface area contributed by atoms with Gasteiger partial charge < -0.3 is 5.32 Å². The molecule has 1 N–H and O–H groups in total. The number of rotatable bonds is 6. The zero-order valence-electron chi connectivity index (χ0n) is 16.6. The van der Waals surface area contributed by atoms with Gasteiger partial charge in [0.05, 0.1) is 14.9 Å². The molecule has 0 radical (unpaired) electrons. The van der Waals surface area contributed by atoms with Crippen LogP contribution in [0.5, 0.6) is 0 Å². The molecule has 4 rings (SSSR count). The predicted octanol–water partition coefficient (Wildman–Crippen LogP) is 3.46. The van der Waals surface area contributed by atoms with Crippen molar-refractivity contribution in [1.82, 2.24) is 14.5 Å². The Balaban J connectivity index is 1.50. The molecular weight excluding hydrogens is 464 g/mol. The van der Waals surface area contributed by atoms with Gasteiger partial charge in [-0.2, -0.15) is 4.31 Å². The Morgan fingerprint density at radius 1 is 1.00 bits per heavy atom. The molecule has 6 nitrogen and oxygen atoms in total. The summed E-state index contributed by atoms with van der Waals surface area (Å²) in [6, 6.07) is 9.69. The molecule has 0 bridgehead atoms. The van der Waals surface area contributed by atoms with Gasteiger partial charge in [0.25, 0.3) is 0 Å². The van der Waals surface area contributed by atoms with Crippen LogP contribution in [0.2, 0.25) is 10.0 Å². The molecule has 1 atom stereocenters. The van der Waals surface area contributed by atoms with Crippen molar-refractivity contribution in [2.45, 2.75) is 29.8 Å². The number of amides is 1. The van der Waals surface area contributed by atoms with Crippen molar-refractivity contribution in [3.63, 3.8) is 0 Å². The Morgan fingerprint density at radius 3 is 2.23 bits per heavy atom. The van der Waals surface area contributed by atoms with Gasteiger partial charge in [0, 0.05) is 32.2 Å². The van der Waals surface area contributed by atoms with Crippen LogP contribution in [0.3, 0.4) is 0 Å². The largest absolute Gasteiger partial charge is 0.352 e. The van der Waals surface area contributed by atoms with E-state index >= 15 is 0 Å². The molecule has 1 heterocycles. The van der Waals surface area contributed by atoms with Crippen molar-refractivity contribution in [2.75, 3.05) is 26.2 Å². The van der Waals surface area contributed by atoms with Crippen LogP contribution in [0, 0.1) is 5.82 Å². The molecule has 2 fully saturated rings. The summed E-state index contributed by atoms with van der Waals surface area (Å²) in [7, 11) is -3.74. The number of hydrogen-bond donors (Lipinski definition) is 1. The van der Waals surface area contributed by atoms with Gasteiger partial charge in [0.1, 0.15) is 11.9 Å². The molecule has 1 saturated heterocycles. The normalized spacial score (nSPS) is 19.2. The van der Waals surface area contributed by atoms with E-state index in [2.05, 4.69) is 5.32 Å². The molecule has 2 aliphatic rings. The number of benzene rings is 2. The van der Waals surface area contributed by atoms with Gasteiger partial charge in [-0.3, -0.25) is 9.69 Å². The Bertz CT molecular complexity index is 1070. The van der Waals surface area contributed by atoms with Gasteiger partial charge in [-0.15, -0.1) is 0 Å². The fourth-order valence-corrected chi connectivity index (χ4v) is 5.48. The minimum atomic E-state index is -3.74. The van der Waals surface area contributed by atoms with E-state index in [1.54, 1.807) is 12.1 Å². The minimum Gasteiger partial charge on any atom is -0.352 e. The maximum absolute atomic E-state index is 13.4. The second-order valence-corrected chi connectivity index (χ2v) is 10.5. The van der Waals surface area contributed by atoms with Crippen LogP contribution in [0.1, 0.15) is 24.4 Å². The second kappa shape index (κ2) is 9.03. The number of sulfonamides is 1. The van der Waals surface area contributed by atoms with Gasteiger partial charge in [0.2, 0.25) is 15.9 Å². The summed E-state index contributed by atoms with van der Waals surface area (Å²) < 4.78 is 40.8. The molecule has 1 saturated carbocycles. The van der Waals surface area contributed by atoms with E-state index in [4.69, 9.17) is 23.2 Å². The molecular formula is C21H22Cl2FN3O3S. The van der Waals surface area contributed by atoms with Crippen molar-refractivity contribution in [3.8, 4) is 0 Å². The Hall–Kier alpha value is -1.71. The lowest BCUT2D eigenvalue weighted by Crippen LogP contribution is -2.52. The third-order valence-corrected chi connectivity index (χ3v) is 8.16. The van der Waals surface area contributed by atoms with Crippen molar-refractivity contribution in [1.29, 1.82) is 0 Å².